The Morgan fingerprint density at radius 3 is 2.55 bits per heavy atom. The van der Waals surface area contributed by atoms with Gasteiger partial charge in [0.25, 0.3) is 0 Å². The average Bonchev–Trinajstić information content (AvgIpc) is 2.89. The lowest BCUT2D eigenvalue weighted by Gasteiger charge is -2.06. The number of ether oxygens (including phenoxy) is 1. The summed E-state index contributed by atoms with van der Waals surface area (Å²) < 4.78 is 6.21. The number of rotatable bonds is 4. The van der Waals surface area contributed by atoms with Crippen molar-refractivity contribution in [2.45, 2.75) is 13.0 Å². The van der Waals surface area contributed by atoms with Gasteiger partial charge in [-0.15, -0.1) is 0 Å². The second-order valence-corrected chi connectivity index (χ2v) is 4.12. The minimum Gasteiger partial charge on any atom is -0.479 e. The summed E-state index contributed by atoms with van der Waals surface area (Å²) in [5.41, 5.74) is 6.97. The van der Waals surface area contributed by atoms with Gasteiger partial charge in [-0.3, -0.25) is 0 Å². The first-order valence-corrected chi connectivity index (χ1v) is 5.83. The third-order valence-electron chi connectivity index (χ3n) is 2.59. The van der Waals surface area contributed by atoms with Gasteiger partial charge in [0.15, 0.2) is 11.8 Å². The molecule has 0 aliphatic carbocycles. The number of anilines is 1. The highest BCUT2D eigenvalue weighted by Crippen LogP contribution is 2.11. The first-order chi connectivity index (χ1) is 9.47. The van der Waals surface area contributed by atoms with E-state index in [0.29, 0.717) is 5.69 Å². The zero-order valence-corrected chi connectivity index (χ0v) is 10.7. The Morgan fingerprint density at radius 1 is 1.30 bits per heavy atom. The normalized spacial score (nSPS) is 11.8. The van der Waals surface area contributed by atoms with Crippen molar-refractivity contribution < 1.29 is 19.4 Å². The second-order valence-electron chi connectivity index (χ2n) is 4.12. The molecule has 104 valence electrons. The third kappa shape index (κ3) is 2.94. The number of esters is 1. The minimum absolute atomic E-state index is 0.0370. The van der Waals surface area contributed by atoms with Crippen LogP contribution in [0.5, 0.6) is 0 Å². The van der Waals surface area contributed by atoms with Crippen molar-refractivity contribution in [1.29, 1.82) is 0 Å². The van der Waals surface area contributed by atoms with E-state index >= 15 is 0 Å². The molecule has 2 aromatic rings. The van der Waals surface area contributed by atoms with E-state index in [0.717, 1.165) is 5.69 Å². The number of carboxylic acid groups (broad SMARTS) is 1. The smallest absolute Gasteiger partial charge is 0.359 e. The Kier molecular flexibility index (Phi) is 3.69. The van der Waals surface area contributed by atoms with Crippen LogP contribution in [0.15, 0.2) is 36.5 Å². The molecule has 0 bridgehead atoms. The number of carboxylic acids is 1. The van der Waals surface area contributed by atoms with Crippen LogP contribution in [0.4, 0.5) is 5.69 Å². The molecule has 0 aliphatic heterocycles. The maximum atomic E-state index is 11.7. The highest BCUT2D eigenvalue weighted by atomic mass is 16.6. The van der Waals surface area contributed by atoms with Crippen LogP contribution in [0.25, 0.3) is 5.69 Å². The van der Waals surface area contributed by atoms with Gasteiger partial charge in [-0.05, 0) is 37.3 Å². The SMILES string of the molecule is CC(OC(=O)c1ccn(-c2ccc(N)cc2)n1)C(=O)O. The summed E-state index contributed by atoms with van der Waals surface area (Å²) in [7, 11) is 0. The van der Waals surface area contributed by atoms with E-state index in [4.69, 9.17) is 15.6 Å². The van der Waals surface area contributed by atoms with Gasteiger partial charge in [0.05, 0.1) is 5.69 Å². The number of nitrogens with two attached hydrogens (primary N) is 1. The summed E-state index contributed by atoms with van der Waals surface area (Å²) in [5.74, 6) is -1.99. The van der Waals surface area contributed by atoms with Gasteiger partial charge in [0, 0.05) is 11.9 Å². The largest absolute Gasteiger partial charge is 0.479 e. The number of carbonyl (C=O) groups excluding carboxylic acids is 1. The molecule has 0 amide bonds. The van der Waals surface area contributed by atoms with E-state index in [1.165, 1.54) is 17.7 Å². The van der Waals surface area contributed by atoms with E-state index in [9.17, 15) is 9.59 Å². The predicted octanol–water partition coefficient (Wildman–Crippen LogP) is 1.08. The molecule has 1 heterocycles. The number of benzene rings is 1. The number of aromatic nitrogens is 2. The highest BCUT2D eigenvalue weighted by Gasteiger charge is 2.19. The van der Waals surface area contributed by atoms with E-state index in [-0.39, 0.29) is 5.69 Å². The summed E-state index contributed by atoms with van der Waals surface area (Å²) in [6.07, 6.45) is 0.359. The summed E-state index contributed by atoms with van der Waals surface area (Å²) >= 11 is 0. The van der Waals surface area contributed by atoms with Gasteiger partial charge in [-0.25, -0.2) is 14.3 Å². The van der Waals surface area contributed by atoms with Crippen LogP contribution in [-0.4, -0.2) is 32.9 Å². The van der Waals surface area contributed by atoms with Crippen molar-refractivity contribution in [3.05, 3.63) is 42.2 Å². The number of aliphatic carboxylic acids is 1. The molecule has 0 saturated carbocycles. The molecule has 7 heteroatoms. The lowest BCUT2D eigenvalue weighted by Crippen LogP contribution is -2.23. The zero-order valence-electron chi connectivity index (χ0n) is 10.7. The molecule has 0 spiro atoms. The lowest BCUT2D eigenvalue weighted by molar-refractivity contribution is -0.146. The topological polar surface area (TPSA) is 107 Å². The molecular formula is C13H13N3O4. The van der Waals surface area contributed by atoms with Crippen molar-refractivity contribution in [2.24, 2.45) is 0 Å². The van der Waals surface area contributed by atoms with Crippen molar-refractivity contribution >= 4 is 17.6 Å². The first kappa shape index (κ1) is 13.6. The maximum absolute atomic E-state index is 11.7. The number of hydrogen-bond donors (Lipinski definition) is 2. The molecule has 0 fully saturated rings. The van der Waals surface area contributed by atoms with Crippen LogP contribution in [0, 0.1) is 0 Å². The summed E-state index contributed by atoms with van der Waals surface area (Å²) in [6, 6.07) is 8.37. The number of hydrogen-bond acceptors (Lipinski definition) is 5. The fourth-order valence-electron chi connectivity index (χ4n) is 1.47. The molecule has 0 aliphatic rings. The third-order valence-corrected chi connectivity index (χ3v) is 2.59. The van der Waals surface area contributed by atoms with Crippen LogP contribution < -0.4 is 5.73 Å². The maximum Gasteiger partial charge on any atom is 0.359 e. The summed E-state index contributed by atoms with van der Waals surface area (Å²) in [4.78, 5) is 22.3. The van der Waals surface area contributed by atoms with Gasteiger partial charge in [-0.1, -0.05) is 0 Å². The standard InChI is InChI=1S/C13H13N3O4/c1-8(12(17)18)20-13(19)11-6-7-16(15-11)10-4-2-9(14)3-5-10/h2-8H,14H2,1H3,(H,17,18). The number of nitrogens with zero attached hydrogens (tertiary/aromatic N) is 2. The molecule has 2 rings (SSSR count). The quantitative estimate of drug-likeness (QED) is 0.638. The van der Waals surface area contributed by atoms with Gasteiger partial charge in [-0.2, -0.15) is 5.10 Å². The van der Waals surface area contributed by atoms with E-state index in [1.54, 1.807) is 30.5 Å². The molecule has 1 aromatic heterocycles. The second kappa shape index (κ2) is 5.43. The predicted molar refractivity (Wildman–Crippen MR) is 70.5 cm³/mol. The van der Waals surface area contributed by atoms with Crippen LogP contribution in [0.3, 0.4) is 0 Å². The molecule has 0 saturated heterocycles. The van der Waals surface area contributed by atoms with Gasteiger partial charge >= 0.3 is 11.9 Å². The monoisotopic (exact) mass is 275 g/mol. The first-order valence-electron chi connectivity index (χ1n) is 5.83. The Balaban J connectivity index is 2.14. The molecule has 20 heavy (non-hydrogen) atoms. The Hall–Kier alpha value is -2.83. The fraction of sp³-hybridized carbons (Fsp3) is 0.154. The molecule has 3 N–H and O–H groups in total. The molecule has 1 atom stereocenters. The molecule has 1 aromatic carbocycles. The van der Waals surface area contributed by atoms with E-state index in [1.807, 2.05) is 0 Å². The minimum atomic E-state index is -1.22. The van der Waals surface area contributed by atoms with Crippen molar-refractivity contribution in [1.82, 2.24) is 9.78 Å². The molecule has 7 nitrogen and oxygen atoms in total. The van der Waals surface area contributed by atoms with Crippen molar-refractivity contribution in [2.75, 3.05) is 5.73 Å². The molecular weight excluding hydrogens is 262 g/mol. The molecule has 0 radical (unpaired) electrons. The van der Waals surface area contributed by atoms with E-state index < -0.39 is 18.0 Å². The van der Waals surface area contributed by atoms with Crippen LogP contribution in [-0.2, 0) is 9.53 Å². The van der Waals surface area contributed by atoms with Crippen molar-refractivity contribution in [3.8, 4) is 5.69 Å². The highest BCUT2D eigenvalue weighted by molar-refractivity contribution is 5.89. The Labute approximate surface area is 114 Å². The lowest BCUT2D eigenvalue weighted by atomic mass is 10.3. The summed E-state index contributed by atoms with van der Waals surface area (Å²) in [5, 5.41) is 12.7. The average molecular weight is 275 g/mol. The number of carbonyl (C=O) groups is 2. The summed E-state index contributed by atoms with van der Waals surface area (Å²) in [6.45, 7) is 1.28. The number of nitrogen functional groups attached to an aromatic ring is 1. The van der Waals surface area contributed by atoms with Crippen molar-refractivity contribution in [3.63, 3.8) is 0 Å². The molecule has 1 unspecified atom stereocenters. The Bertz CT molecular complexity index is 633. The fourth-order valence-corrected chi connectivity index (χ4v) is 1.47. The van der Waals surface area contributed by atoms with Gasteiger partial charge in [0.1, 0.15) is 0 Å². The van der Waals surface area contributed by atoms with Crippen LogP contribution in [0.2, 0.25) is 0 Å². The Morgan fingerprint density at radius 2 is 1.95 bits per heavy atom. The van der Waals surface area contributed by atoms with Gasteiger partial charge in [0.2, 0.25) is 0 Å². The van der Waals surface area contributed by atoms with Gasteiger partial charge < -0.3 is 15.6 Å². The zero-order chi connectivity index (χ0) is 14.7. The van der Waals surface area contributed by atoms with Crippen LogP contribution in [0.1, 0.15) is 17.4 Å². The van der Waals surface area contributed by atoms with E-state index in [2.05, 4.69) is 5.10 Å². The van der Waals surface area contributed by atoms with Crippen LogP contribution >= 0.6 is 0 Å².